The van der Waals surface area contributed by atoms with E-state index in [1.165, 1.54) is 36.8 Å². The lowest BCUT2D eigenvalue weighted by Crippen LogP contribution is -2.25. The molecule has 0 heterocycles. The number of hydrogen-bond acceptors (Lipinski definition) is 0. The van der Waals surface area contributed by atoms with Crippen molar-refractivity contribution in [2.75, 3.05) is 5.88 Å². The molecule has 0 amide bonds. The molecule has 0 aliphatic heterocycles. The maximum atomic E-state index is 6.27. The van der Waals surface area contributed by atoms with E-state index in [-0.39, 0.29) is 0 Å². The number of halogens is 1. The molecule has 1 atom stereocenters. The highest BCUT2D eigenvalue weighted by atomic mass is 35.5. The molecule has 18 heavy (non-hydrogen) atoms. The number of unbranched alkanes of at least 4 members (excludes halogenated alkanes) is 1. The molecule has 0 nitrogen and oxygen atoms in total. The van der Waals surface area contributed by atoms with E-state index in [1.54, 1.807) is 0 Å². The maximum Gasteiger partial charge on any atom is 0.0283 e. The van der Waals surface area contributed by atoms with Crippen LogP contribution in [0.1, 0.15) is 57.6 Å². The largest absolute Gasteiger partial charge is 0.126 e. The Hall–Kier alpha value is -0.490. The normalized spacial score (nSPS) is 14.4. The van der Waals surface area contributed by atoms with E-state index < -0.39 is 0 Å². The zero-order valence-corrected chi connectivity index (χ0v) is 12.9. The van der Waals surface area contributed by atoms with Crippen LogP contribution in [0.25, 0.3) is 0 Å². The van der Waals surface area contributed by atoms with Crippen LogP contribution in [0.3, 0.4) is 0 Å². The molecule has 0 N–H and O–H groups in total. The monoisotopic (exact) mass is 266 g/mol. The van der Waals surface area contributed by atoms with Gasteiger partial charge in [0.2, 0.25) is 0 Å². The fourth-order valence-electron chi connectivity index (χ4n) is 2.48. The Labute approximate surface area is 118 Å². The lowest BCUT2D eigenvalue weighted by Gasteiger charge is -2.31. The molecule has 0 radical (unpaired) electrons. The first kappa shape index (κ1) is 15.6. The third kappa shape index (κ3) is 4.31. The molecule has 1 unspecified atom stereocenters. The summed E-state index contributed by atoms with van der Waals surface area (Å²) in [6.45, 7) is 6.73. The van der Waals surface area contributed by atoms with Gasteiger partial charge >= 0.3 is 0 Å². The zero-order valence-electron chi connectivity index (χ0n) is 12.1. The highest BCUT2D eigenvalue weighted by Gasteiger charge is 2.26. The van der Waals surface area contributed by atoms with Crippen LogP contribution in [0.4, 0.5) is 0 Å². The van der Waals surface area contributed by atoms with Gasteiger partial charge in [-0.1, -0.05) is 57.9 Å². The van der Waals surface area contributed by atoms with Gasteiger partial charge in [-0.3, -0.25) is 0 Å². The quantitative estimate of drug-likeness (QED) is 0.536. The van der Waals surface area contributed by atoms with Crippen molar-refractivity contribution in [2.45, 2.75) is 59.3 Å². The van der Waals surface area contributed by atoms with Gasteiger partial charge in [0.15, 0.2) is 0 Å². The van der Waals surface area contributed by atoms with Crippen LogP contribution in [-0.4, -0.2) is 5.88 Å². The van der Waals surface area contributed by atoms with E-state index in [1.807, 2.05) is 0 Å². The molecule has 0 saturated heterocycles. The van der Waals surface area contributed by atoms with E-state index >= 15 is 0 Å². The second kappa shape index (κ2) is 7.84. The third-order valence-electron chi connectivity index (χ3n) is 4.10. The Bertz CT molecular complexity index is 322. The van der Waals surface area contributed by atoms with E-state index in [0.29, 0.717) is 5.41 Å². The predicted molar refractivity (Wildman–Crippen MR) is 82.5 cm³/mol. The van der Waals surface area contributed by atoms with E-state index in [4.69, 9.17) is 11.6 Å². The minimum atomic E-state index is 0.297. The molecule has 1 heteroatoms. The maximum absolute atomic E-state index is 6.27. The molecule has 0 aliphatic carbocycles. The molecule has 1 aromatic rings. The van der Waals surface area contributed by atoms with E-state index in [0.717, 1.165) is 18.7 Å². The van der Waals surface area contributed by atoms with Crippen LogP contribution >= 0.6 is 11.6 Å². The smallest absolute Gasteiger partial charge is 0.0283 e. The molecule has 0 bridgehead atoms. The summed E-state index contributed by atoms with van der Waals surface area (Å²) in [6, 6.07) is 9.07. The van der Waals surface area contributed by atoms with Crippen molar-refractivity contribution in [3.8, 4) is 0 Å². The van der Waals surface area contributed by atoms with Gasteiger partial charge < -0.3 is 0 Å². The molecule has 0 aromatic heterocycles. The number of alkyl halides is 1. The van der Waals surface area contributed by atoms with Gasteiger partial charge in [0, 0.05) is 5.88 Å². The van der Waals surface area contributed by atoms with E-state index in [2.05, 4.69) is 45.0 Å². The lowest BCUT2D eigenvalue weighted by atomic mass is 9.77. The first-order valence-electron chi connectivity index (χ1n) is 7.33. The highest BCUT2D eigenvalue weighted by Crippen LogP contribution is 2.34. The Morgan fingerprint density at radius 2 is 1.61 bits per heavy atom. The number of hydrogen-bond donors (Lipinski definition) is 0. The number of aryl methyl sites for hydroxylation is 1. The summed E-state index contributed by atoms with van der Waals surface area (Å²) in [5.74, 6) is 0.777. The Balaban J connectivity index is 2.74. The van der Waals surface area contributed by atoms with Gasteiger partial charge in [-0.05, 0) is 42.2 Å². The molecular formula is C17H27Cl. The van der Waals surface area contributed by atoms with Crippen molar-refractivity contribution in [1.29, 1.82) is 0 Å². The summed E-state index contributed by atoms with van der Waals surface area (Å²) in [5.41, 5.74) is 3.15. The minimum absolute atomic E-state index is 0.297. The number of rotatable bonds is 8. The highest BCUT2D eigenvalue weighted by molar-refractivity contribution is 6.18. The lowest BCUT2D eigenvalue weighted by molar-refractivity contribution is 0.279. The van der Waals surface area contributed by atoms with Crippen LogP contribution < -0.4 is 0 Å². The van der Waals surface area contributed by atoms with Crippen LogP contribution in [0.2, 0.25) is 0 Å². The van der Waals surface area contributed by atoms with Gasteiger partial charge in [-0.15, -0.1) is 11.6 Å². The molecule has 0 fully saturated rings. The second-order valence-corrected chi connectivity index (χ2v) is 5.70. The average molecular weight is 267 g/mol. The van der Waals surface area contributed by atoms with Gasteiger partial charge in [0.1, 0.15) is 0 Å². The van der Waals surface area contributed by atoms with Crippen LogP contribution in [0.5, 0.6) is 0 Å². The summed E-state index contributed by atoms with van der Waals surface area (Å²) in [6.07, 6.45) is 7.20. The standard InChI is InChI=1S/C17H27Cl/c1-4-7-12-17(6-3,14-18)13-16-10-8-15(5-2)9-11-16/h8-11H,4-7,12-14H2,1-3H3. The molecule has 102 valence electrons. The topological polar surface area (TPSA) is 0 Å². The zero-order chi connectivity index (χ0) is 13.4. The third-order valence-corrected chi connectivity index (χ3v) is 4.67. The van der Waals surface area contributed by atoms with Crippen LogP contribution in [-0.2, 0) is 12.8 Å². The summed E-state index contributed by atoms with van der Waals surface area (Å²) < 4.78 is 0. The summed E-state index contributed by atoms with van der Waals surface area (Å²) in [5, 5.41) is 0. The van der Waals surface area contributed by atoms with E-state index in [9.17, 15) is 0 Å². The van der Waals surface area contributed by atoms with Crippen molar-refractivity contribution >= 4 is 11.6 Å². The van der Waals surface area contributed by atoms with Gasteiger partial charge in [0.05, 0.1) is 0 Å². The van der Waals surface area contributed by atoms with Crippen LogP contribution in [0.15, 0.2) is 24.3 Å². The van der Waals surface area contributed by atoms with Crippen molar-refractivity contribution in [3.63, 3.8) is 0 Å². The van der Waals surface area contributed by atoms with Gasteiger partial charge in [0.25, 0.3) is 0 Å². The van der Waals surface area contributed by atoms with Crippen molar-refractivity contribution < 1.29 is 0 Å². The summed E-state index contributed by atoms with van der Waals surface area (Å²) in [7, 11) is 0. The Kier molecular flexibility index (Phi) is 6.78. The predicted octanol–water partition coefficient (Wildman–Crippen LogP) is 5.62. The molecular weight excluding hydrogens is 240 g/mol. The van der Waals surface area contributed by atoms with Crippen molar-refractivity contribution in [2.24, 2.45) is 5.41 Å². The van der Waals surface area contributed by atoms with Gasteiger partial charge in [-0.2, -0.15) is 0 Å². The summed E-state index contributed by atoms with van der Waals surface area (Å²) >= 11 is 6.27. The fraction of sp³-hybridized carbons (Fsp3) is 0.647. The Morgan fingerprint density at radius 3 is 2.06 bits per heavy atom. The van der Waals surface area contributed by atoms with Crippen molar-refractivity contribution in [3.05, 3.63) is 35.4 Å². The molecule has 1 rings (SSSR count). The SMILES string of the molecule is CCCCC(CC)(CCl)Cc1ccc(CC)cc1. The first-order chi connectivity index (χ1) is 8.69. The molecule has 1 aromatic carbocycles. The van der Waals surface area contributed by atoms with Crippen LogP contribution in [0, 0.1) is 5.41 Å². The minimum Gasteiger partial charge on any atom is -0.126 e. The molecule has 0 saturated carbocycles. The average Bonchev–Trinajstić information content (AvgIpc) is 2.44. The number of benzene rings is 1. The molecule has 0 spiro atoms. The van der Waals surface area contributed by atoms with Gasteiger partial charge in [-0.25, -0.2) is 0 Å². The van der Waals surface area contributed by atoms with Crippen molar-refractivity contribution in [1.82, 2.24) is 0 Å². The fourth-order valence-corrected chi connectivity index (χ4v) is 2.89. The second-order valence-electron chi connectivity index (χ2n) is 5.44. The first-order valence-corrected chi connectivity index (χ1v) is 7.87. The summed E-state index contributed by atoms with van der Waals surface area (Å²) in [4.78, 5) is 0. The Morgan fingerprint density at radius 1 is 1.00 bits per heavy atom. The molecule has 0 aliphatic rings.